The van der Waals surface area contributed by atoms with Crippen molar-refractivity contribution in [2.45, 2.75) is 26.3 Å². The average Bonchev–Trinajstić information content (AvgIpc) is 3.10. The molecule has 7 heteroatoms. The van der Waals surface area contributed by atoms with Gasteiger partial charge in [-0.1, -0.05) is 53.6 Å². The maximum atomic E-state index is 12.3. The number of fused-ring (bicyclic) bond motifs is 1. The van der Waals surface area contributed by atoms with Crippen LogP contribution in [0, 0.1) is 5.92 Å². The summed E-state index contributed by atoms with van der Waals surface area (Å²) in [6.07, 6.45) is 5.66. The van der Waals surface area contributed by atoms with Crippen molar-refractivity contribution in [2.75, 3.05) is 18.4 Å². The predicted molar refractivity (Wildman–Crippen MR) is 127 cm³/mol. The minimum atomic E-state index is -0.247. The Kier molecular flexibility index (Phi) is 6.74. The molecule has 1 fully saturated rings. The lowest BCUT2D eigenvalue weighted by Crippen LogP contribution is -2.32. The highest BCUT2D eigenvalue weighted by atomic mass is 35.5. The van der Waals surface area contributed by atoms with E-state index in [1.165, 1.54) is 35.8 Å². The number of benzene rings is 2. The van der Waals surface area contributed by atoms with Gasteiger partial charge in [0, 0.05) is 22.7 Å². The van der Waals surface area contributed by atoms with E-state index in [1.807, 2.05) is 6.07 Å². The molecule has 1 aromatic heterocycles. The standard InChI is InChI=1S/C23H23Cl2N3OS/c1-15-8-10-28(11-9-15)14-16-2-6-20-21(12-16)30-23(26-20)27-22(29)7-4-17-3-5-18(24)13-19(17)25/h2-7,12-13,15H,8-11,14H2,1H3,(H,26,27,29)/b7-4+. The molecule has 0 bridgehead atoms. The fourth-order valence-electron chi connectivity index (χ4n) is 3.55. The zero-order chi connectivity index (χ0) is 21.1. The number of amides is 1. The Hall–Kier alpha value is -1.92. The molecular formula is C23H23Cl2N3OS. The van der Waals surface area contributed by atoms with Gasteiger partial charge in [-0.3, -0.25) is 15.0 Å². The molecule has 156 valence electrons. The number of carbonyl (C=O) groups is 1. The molecule has 1 aliphatic heterocycles. The molecule has 4 nitrogen and oxygen atoms in total. The third kappa shape index (κ3) is 5.41. The summed E-state index contributed by atoms with van der Waals surface area (Å²) in [7, 11) is 0. The van der Waals surface area contributed by atoms with E-state index >= 15 is 0 Å². The number of halogens is 2. The van der Waals surface area contributed by atoms with E-state index in [9.17, 15) is 4.79 Å². The number of hydrogen-bond donors (Lipinski definition) is 1. The lowest BCUT2D eigenvalue weighted by atomic mass is 9.99. The van der Waals surface area contributed by atoms with Crippen LogP contribution in [0.4, 0.5) is 5.13 Å². The molecule has 0 spiro atoms. The molecule has 4 rings (SSSR count). The van der Waals surface area contributed by atoms with E-state index in [0.29, 0.717) is 15.2 Å². The number of anilines is 1. The summed E-state index contributed by atoms with van der Waals surface area (Å²) in [6, 6.07) is 11.5. The number of hydrogen-bond acceptors (Lipinski definition) is 4. The molecule has 0 aliphatic carbocycles. The highest BCUT2D eigenvalue weighted by Gasteiger charge is 2.16. The number of nitrogens with zero attached hydrogens (tertiary/aromatic N) is 2. The van der Waals surface area contributed by atoms with Gasteiger partial charge in [-0.2, -0.15) is 0 Å². The molecule has 2 heterocycles. The van der Waals surface area contributed by atoms with Crippen molar-refractivity contribution >= 4 is 61.9 Å². The van der Waals surface area contributed by atoms with E-state index in [-0.39, 0.29) is 5.91 Å². The highest BCUT2D eigenvalue weighted by molar-refractivity contribution is 7.22. The number of likely N-dealkylation sites (tertiary alicyclic amines) is 1. The number of aromatic nitrogens is 1. The first-order chi connectivity index (χ1) is 14.5. The van der Waals surface area contributed by atoms with Crippen LogP contribution in [0.1, 0.15) is 30.9 Å². The van der Waals surface area contributed by atoms with Gasteiger partial charge < -0.3 is 0 Å². The van der Waals surface area contributed by atoms with Gasteiger partial charge in [0.25, 0.3) is 0 Å². The van der Waals surface area contributed by atoms with Crippen LogP contribution in [-0.4, -0.2) is 28.9 Å². The predicted octanol–water partition coefficient (Wildman–Crippen LogP) is 6.49. The molecule has 3 aromatic rings. The fraction of sp³-hybridized carbons (Fsp3) is 0.304. The van der Waals surface area contributed by atoms with Crippen molar-refractivity contribution in [2.24, 2.45) is 5.92 Å². The Morgan fingerprint density at radius 1 is 1.23 bits per heavy atom. The van der Waals surface area contributed by atoms with Crippen molar-refractivity contribution in [3.05, 3.63) is 63.6 Å². The Morgan fingerprint density at radius 2 is 2.03 bits per heavy atom. The molecule has 1 N–H and O–H groups in total. The number of nitrogens with one attached hydrogen (secondary N) is 1. The van der Waals surface area contributed by atoms with Crippen molar-refractivity contribution in [1.82, 2.24) is 9.88 Å². The van der Waals surface area contributed by atoms with Crippen molar-refractivity contribution < 1.29 is 4.79 Å². The summed E-state index contributed by atoms with van der Waals surface area (Å²) < 4.78 is 1.08. The third-order valence-electron chi connectivity index (χ3n) is 5.34. The van der Waals surface area contributed by atoms with Crippen LogP contribution in [-0.2, 0) is 11.3 Å². The van der Waals surface area contributed by atoms with Gasteiger partial charge in [-0.15, -0.1) is 0 Å². The largest absolute Gasteiger partial charge is 0.299 e. The summed E-state index contributed by atoms with van der Waals surface area (Å²) >= 11 is 13.5. The van der Waals surface area contributed by atoms with Crippen LogP contribution in [0.2, 0.25) is 10.0 Å². The summed E-state index contributed by atoms with van der Waals surface area (Å²) in [5, 5.41) is 4.49. The van der Waals surface area contributed by atoms with Crippen LogP contribution in [0.25, 0.3) is 16.3 Å². The summed E-state index contributed by atoms with van der Waals surface area (Å²) in [5.41, 5.74) is 2.92. The van der Waals surface area contributed by atoms with Crippen molar-refractivity contribution in [3.8, 4) is 0 Å². The molecule has 0 radical (unpaired) electrons. The van der Waals surface area contributed by atoms with Crippen LogP contribution in [0.5, 0.6) is 0 Å². The molecular weight excluding hydrogens is 437 g/mol. The molecule has 0 saturated carbocycles. The second kappa shape index (κ2) is 9.48. The Balaban J connectivity index is 1.40. The first-order valence-corrected chi connectivity index (χ1v) is 11.6. The Bertz CT molecular complexity index is 1090. The van der Waals surface area contributed by atoms with Gasteiger partial charge in [0.15, 0.2) is 5.13 Å². The maximum absolute atomic E-state index is 12.3. The SMILES string of the molecule is CC1CCN(Cc2ccc3nc(NC(=O)/C=C/c4ccc(Cl)cc4Cl)sc3c2)CC1. The van der Waals surface area contributed by atoms with E-state index in [4.69, 9.17) is 23.2 Å². The minimum Gasteiger partial charge on any atom is -0.299 e. The van der Waals surface area contributed by atoms with Crippen LogP contribution < -0.4 is 5.32 Å². The van der Waals surface area contributed by atoms with Gasteiger partial charge in [0.2, 0.25) is 5.91 Å². The lowest BCUT2D eigenvalue weighted by Gasteiger charge is -2.30. The lowest BCUT2D eigenvalue weighted by molar-refractivity contribution is -0.111. The van der Waals surface area contributed by atoms with E-state index in [1.54, 1.807) is 24.3 Å². The second-order valence-corrected chi connectivity index (χ2v) is 9.64. The highest BCUT2D eigenvalue weighted by Crippen LogP contribution is 2.28. The van der Waals surface area contributed by atoms with Crippen LogP contribution >= 0.6 is 34.5 Å². The summed E-state index contributed by atoms with van der Waals surface area (Å²) in [6.45, 7) is 5.61. The van der Waals surface area contributed by atoms with Crippen molar-refractivity contribution in [1.29, 1.82) is 0 Å². The summed E-state index contributed by atoms with van der Waals surface area (Å²) in [4.78, 5) is 19.3. The fourth-order valence-corrected chi connectivity index (χ4v) is 4.95. The van der Waals surface area contributed by atoms with Gasteiger partial charge in [0.1, 0.15) is 0 Å². The van der Waals surface area contributed by atoms with Crippen LogP contribution in [0.3, 0.4) is 0 Å². The third-order valence-corrected chi connectivity index (χ3v) is 6.84. The van der Waals surface area contributed by atoms with Crippen molar-refractivity contribution in [3.63, 3.8) is 0 Å². The smallest absolute Gasteiger partial charge is 0.250 e. The van der Waals surface area contributed by atoms with E-state index in [0.717, 1.165) is 41.3 Å². The number of carbonyl (C=O) groups excluding carboxylic acids is 1. The molecule has 1 saturated heterocycles. The topological polar surface area (TPSA) is 45.2 Å². The van der Waals surface area contributed by atoms with Gasteiger partial charge >= 0.3 is 0 Å². The number of thiazole rings is 1. The first kappa shape index (κ1) is 21.3. The van der Waals surface area contributed by atoms with Gasteiger partial charge in [-0.25, -0.2) is 4.98 Å². The van der Waals surface area contributed by atoms with E-state index < -0.39 is 0 Å². The Labute approximate surface area is 190 Å². The number of piperidine rings is 1. The summed E-state index contributed by atoms with van der Waals surface area (Å²) in [5.74, 6) is 0.587. The molecule has 1 amide bonds. The molecule has 1 aliphatic rings. The van der Waals surface area contributed by atoms with Gasteiger partial charge in [0.05, 0.1) is 10.2 Å². The quantitative estimate of drug-likeness (QED) is 0.443. The minimum absolute atomic E-state index is 0.247. The van der Waals surface area contributed by atoms with Crippen LogP contribution in [0.15, 0.2) is 42.5 Å². The molecule has 30 heavy (non-hydrogen) atoms. The van der Waals surface area contributed by atoms with E-state index in [2.05, 4.69) is 34.3 Å². The normalized spacial score (nSPS) is 15.8. The average molecular weight is 460 g/mol. The van der Waals surface area contributed by atoms with Gasteiger partial charge in [-0.05, 0) is 73.3 Å². The zero-order valence-corrected chi connectivity index (χ0v) is 19.0. The monoisotopic (exact) mass is 459 g/mol. The second-order valence-electron chi connectivity index (χ2n) is 7.77. The molecule has 2 aromatic carbocycles. The number of rotatable bonds is 5. The first-order valence-electron chi connectivity index (χ1n) is 10.0. The Morgan fingerprint density at radius 3 is 2.80 bits per heavy atom. The maximum Gasteiger partial charge on any atom is 0.250 e. The zero-order valence-electron chi connectivity index (χ0n) is 16.7. The molecule has 0 atom stereocenters. The molecule has 0 unspecified atom stereocenters.